The Morgan fingerprint density at radius 1 is 1.35 bits per heavy atom. The molecule has 3 rings (SSSR count). The van der Waals surface area contributed by atoms with Gasteiger partial charge in [-0.25, -0.2) is 10.1 Å². The molecule has 5 nitrogen and oxygen atoms in total. The number of hydrogen-bond donors (Lipinski definition) is 1. The fraction of sp³-hybridized carbons (Fsp3) is 0.200. The van der Waals surface area contributed by atoms with Gasteiger partial charge < -0.3 is 0 Å². The molecule has 23 heavy (non-hydrogen) atoms. The predicted octanol–water partition coefficient (Wildman–Crippen LogP) is 4.83. The number of aromatic nitrogens is 4. The lowest BCUT2D eigenvalue weighted by molar-refractivity contribution is 0.828. The molecule has 2 aromatic heterocycles. The first kappa shape index (κ1) is 16.2. The van der Waals surface area contributed by atoms with E-state index >= 15 is 0 Å². The third-order valence-corrected chi connectivity index (χ3v) is 4.80. The highest BCUT2D eigenvalue weighted by atomic mass is 79.9. The minimum atomic E-state index is 0.377. The van der Waals surface area contributed by atoms with Crippen LogP contribution in [0.2, 0.25) is 0 Å². The van der Waals surface area contributed by atoms with Crippen LogP contribution in [0.15, 0.2) is 39.2 Å². The standard InChI is InChI=1S/C15H14BrN5S2/c1-9(2)12-8-23-14(18-12)13-19-20-15(22)21(13)17-7-10-3-5-11(16)6-4-10/h3-9H,1-2H3,(H,20,22)/b17-7+. The zero-order chi connectivity index (χ0) is 16.4. The first-order valence-electron chi connectivity index (χ1n) is 6.97. The Morgan fingerprint density at radius 3 is 2.74 bits per heavy atom. The Labute approximate surface area is 151 Å². The highest BCUT2D eigenvalue weighted by molar-refractivity contribution is 9.10. The van der Waals surface area contributed by atoms with Gasteiger partial charge in [-0.15, -0.1) is 16.4 Å². The Balaban J connectivity index is 1.95. The number of nitrogens with zero attached hydrogens (tertiary/aromatic N) is 4. The highest BCUT2D eigenvalue weighted by Crippen LogP contribution is 2.25. The van der Waals surface area contributed by atoms with Crippen molar-refractivity contribution in [3.63, 3.8) is 0 Å². The summed E-state index contributed by atoms with van der Waals surface area (Å²) in [4.78, 5) is 4.61. The fourth-order valence-electron chi connectivity index (χ4n) is 1.86. The van der Waals surface area contributed by atoms with E-state index in [4.69, 9.17) is 12.2 Å². The van der Waals surface area contributed by atoms with Crippen LogP contribution in [0, 0.1) is 4.77 Å². The second kappa shape index (κ2) is 6.86. The second-order valence-electron chi connectivity index (χ2n) is 5.19. The molecule has 0 saturated heterocycles. The monoisotopic (exact) mass is 407 g/mol. The van der Waals surface area contributed by atoms with Crippen molar-refractivity contribution < 1.29 is 0 Å². The number of thiazole rings is 1. The number of aromatic amines is 1. The van der Waals surface area contributed by atoms with Gasteiger partial charge in [0.05, 0.1) is 11.9 Å². The van der Waals surface area contributed by atoms with Crippen molar-refractivity contribution in [3.05, 3.63) is 50.1 Å². The molecule has 1 N–H and O–H groups in total. The van der Waals surface area contributed by atoms with Gasteiger partial charge >= 0.3 is 0 Å². The largest absolute Gasteiger partial charge is 0.250 e. The van der Waals surface area contributed by atoms with Crippen molar-refractivity contribution in [2.24, 2.45) is 5.10 Å². The molecular formula is C15H14BrN5S2. The number of hydrogen-bond acceptors (Lipinski definition) is 5. The summed E-state index contributed by atoms with van der Waals surface area (Å²) >= 11 is 10.2. The Kier molecular flexibility index (Phi) is 4.84. The quantitative estimate of drug-likeness (QED) is 0.497. The number of halogens is 1. The normalized spacial score (nSPS) is 11.7. The molecule has 0 aliphatic rings. The van der Waals surface area contributed by atoms with Crippen LogP contribution in [-0.4, -0.2) is 26.1 Å². The van der Waals surface area contributed by atoms with Gasteiger partial charge in [-0.05, 0) is 35.8 Å². The molecule has 118 valence electrons. The summed E-state index contributed by atoms with van der Waals surface area (Å²) in [5.74, 6) is 1.00. The average Bonchev–Trinajstić information content (AvgIpc) is 3.14. The van der Waals surface area contributed by atoms with E-state index in [1.165, 1.54) is 0 Å². The van der Waals surface area contributed by atoms with Gasteiger partial charge in [0, 0.05) is 9.85 Å². The van der Waals surface area contributed by atoms with Crippen molar-refractivity contribution in [3.8, 4) is 10.8 Å². The van der Waals surface area contributed by atoms with Crippen LogP contribution in [0.5, 0.6) is 0 Å². The van der Waals surface area contributed by atoms with Crippen molar-refractivity contribution in [2.45, 2.75) is 19.8 Å². The van der Waals surface area contributed by atoms with Gasteiger partial charge in [-0.1, -0.05) is 41.9 Å². The second-order valence-corrected chi connectivity index (χ2v) is 7.35. The van der Waals surface area contributed by atoms with Crippen molar-refractivity contribution >= 4 is 45.7 Å². The highest BCUT2D eigenvalue weighted by Gasteiger charge is 2.14. The van der Waals surface area contributed by atoms with Crippen molar-refractivity contribution in [1.29, 1.82) is 0 Å². The number of rotatable bonds is 4. The molecule has 3 aromatic rings. The van der Waals surface area contributed by atoms with Crippen LogP contribution in [-0.2, 0) is 0 Å². The van der Waals surface area contributed by atoms with Crippen LogP contribution in [0.3, 0.4) is 0 Å². The van der Waals surface area contributed by atoms with Gasteiger partial charge in [-0.2, -0.15) is 9.78 Å². The summed E-state index contributed by atoms with van der Waals surface area (Å²) in [7, 11) is 0. The molecule has 0 atom stereocenters. The first-order chi connectivity index (χ1) is 11.0. The molecule has 0 radical (unpaired) electrons. The number of benzene rings is 1. The molecule has 1 aromatic carbocycles. The summed E-state index contributed by atoms with van der Waals surface area (Å²) in [6.07, 6.45) is 1.75. The predicted molar refractivity (Wildman–Crippen MR) is 99.7 cm³/mol. The lowest BCUT2D eigenvalue weighted by Gasteiger charge is -1.99. The molecule has 0 amide bonds. The SMILES string of the molecule is CC(C)c1csc(-c2n[nH]c(=S)n2/N=C/c2ccc(Br)cc2)n1. The number of nitrogens with one attached hydrogen (secondary N) is 1. The summed E-state index contributed by atoms with van der Waals surface area (Å²) in [5, 5.41) is 14.3. The summed E-state index contributed by atoms with van der Waals surface area (Å²) < 4.78 is 3.06. The molecule has 0 fully saturated rings. The van der Waals surface area contributed by atoms with Gasteiger partial charge in [0.2, 0.25) is 10.6 Å². The van der Waals surface area contributed by atoms with Gasteiger partial charge in [0.25, 0.3) is 0 Å². The third kappa shape index (κ3) is 3.65. The van der Waals surface area contributed by atoms with Crippen LogP contribution >= 0.6 is 39.5 Å². The summed E-state index contributed by atoms with van der Waals surface area (Å²) in [6, 6.07) is 7.87. The summed E-state index contributed by atoms with van der Waals surface area (Å²) in [5.41, 5.74) is 2.02. The van der Waals surface area contributed by atoms with Gasteiger partial charge in [-0.3, -0.25) is 0 Å². The van der Waals surface area contributed by atoms with E-state index in [1.807, 2.05) is 29.6 Å². The van der Waals surface area contributed by atoms with Crippen LogP contribution in [0.1, 0.15) is 31.0 Å². The topological polar surface area (TPSA) is 58.9 Å². The molecule has 0 aliphatic heterocycles. The molecular weight excluding hydrogens is 394 g/mol. The first-order valence-corrected chi connectivity index (χ1v) is 9.06. The average molecular weight is 408 g/mol. The van der Waals surface area contributed by atoms with E-state index in [1.54, 1.807) is 22.2 Å². The van der Waals surface area contributed by atoms with Gasteiger partial charge in [0.1, 0.15) is 0 Å². The summed E-state index contributed by atoms with van der Waals surface area (Å²) in [6.45, 7) is 4.23. The molecule has 8 heteroatoms. The van der Waals surface area contributed by atoms with E-state index in [-0.39, 0.29) is 0 Å². The van der Waals surface area contributed by atoms with Crippen LogP contribution in [0.25, 0.3) is 10.8 Å². The molecule has 0 saturated carbocycles. The maximum Gasteiger partial charge on any atom is 0.216 e. The Morgan fingerprint density at radius 2 is 2.09 bits per heavy atom. The van der Waals surface area contributed by atoms with E-state index in [0.717, 1.165) is 20.7 Å². The van der Waals surface area contributed by atoms with E-state index in [0.29, 0.717) is 16.5 Å². The van der Waals surface area contributed by atoms with Crippen molar-refractivity contribution in [2.75, 3.05) is 0 Å². The Bertz CT molecular complexity index is 889. The van der Waals surface area contributed by atoms with E-state index in [2.05, 4.69) is 50.1 Å². The van der Waals surface area contributed by atoms with Crippen LogP contribution in [0.4, 0.5) is 0 Å². The van der Waals surface area contributed by atoms with Gasteiger partial charge in [0.15, 0.2) is 5.01 Å². The van der Waals surface area contributed by atoms with Crippen molar-refractivity contribution in [1.82, 2.24) is 19.9 Å². The zero-order valence-electron chi connectivity index (χ0n) is 12.5. The van der Waals surface area contributed by atoms with Crippen LogP contribution < -0.4 is 0 Å². The smallest absolute Gasteiger partial charge is 0.216 e. The Hall–Kier alpha value is -1.64. The maximum absolute atomic E-state index is 5.27. The molecule has 0 spiro atoms. The molecule has 2 heterocycles. The molecule has 0 unspecified atom stereocenters. The lowest BCUT2D eigenvalue weighted by atomic mass is 10.2. The maximum atomic E-state index is 5.27. The minimum Gasteiger partial charge on any atom is -0.250 e. The third-order valence-electron chi connectivity index (χ3n) is 3.15. The fourth-order valence-corrected chi connectivity index (χ4v) is 3.26. The zero-order valence-corrected chi connectivity index (χ0v) is 15.7. The molecule has 0 aliphatic carbocycles. The lowest BCUT2D eigenvalue weighted by Crippen LogP contribution is -1.95. The van der Waals surface area contributed by atoms with E-state index in [9.17, 15) is 0 Å². The van der Waals surface area contributed by atoms with E-state index < -0.39 is 0 Å². The molecule has 0 bridgehead atoms. The number of H-pyrrole nitrogens is 1. The minimum absolute atomic E-state index is 0.377.